The molecule has 8 nitrogen and oxygen atoms in total. The number of amides is 1. The second-order valence-electron chi connectivity index (χ2n) is 6.79. The Balaban J connectivity index is 1.52. The first-order valence-electron chi connectivity index (χ1n) is 9.68. The standard InChI is InChI=1S/C23H19N3O5S/c1-30-22(29)15-8-10-16(11-9-15)24-20(27)14-32-23-25-19-7-3-2-6-18(19)21(28)26(23)13-17-5-4-12-31-17/h2-12H,13-14H2,1H3,(H,24,27). The van der Waals surface area contributed by atoms with Gasteiger partial charge in [-0.1, -0.05) is 23.9 Å². The minimum Gasteiger partial charge on any atom is -0.467 e. The summed E-state index contributed by atoms with van der Waals surface area (Å²) < 4.78 is 11.6. The topological polar surface area (TPSA) is 103 Å². The number of para-hydroxylation sites is 1. The fraction of sp³-hybridized carbons (Fsp3) is 0.130. The largest absolute Gasteiger partial charge is 0.467 e. The third-order valence-electron chi connectivity index (χ3n) is 4.64. The van der Waals surface area contributed by atoms with E-state index in [2.05, 4.69) is 15.0 Å². The van der Waals surface area contributed by atoms with Crippen LogP contribution in [0.5, 0.6) is 0 Å². The quantitative estimate of drug-likeness (QED) is 0.261. The Hall–Kier alpha value is -3.85. The van der Waals surface area contributed by atoms with E-state index in [9.17, 15) is 14.4 Å². The van der Waals surface area contributed by atoms with E-state index in [1.54, 1.807) is 60.9 Å². The van der Waals surface area contributed by atoms with Gasteiger partial charge in [0.25, 0.3) is 5.56 Å². The summed E-state index contributed by atoms with van der Waals surface area (Å²) in [5, 5.41) is 3.68. The van der Waals surface area contributed by atoms with Gasteiger partial charge in [0.05, 0.1) is 42.1 Å². The number of ether oxygens (including phenoxy) is 1. The lowest BCUT2D eigenvalue weighted by Gasteiger charge is -2.12. The number of hydrogen-bond donors (Lipinski definition) is 1. The van der Waals surface area contributed by atoms with Crippen LogP contribution in [-0.2, 0) is 16.1 Å². The first-order valence-corrected chi connectivity index (χ1v) is 10.7. The van der Waals surface area contributed by atoms with Crippen LogP contribution in [0.25, 0.3) is 10.9 Å². The first-order chi connectivity index (χ1) is 15.5. The Morgan fingerprint density at radius 3 is 2.59 bits per heavy atom. The first kappa shape index (κ1) is 21.4. The highest BCUT2D eigenvalue weighted by atomic mass is 32.2. The van der Waals surface area contributed by atoms with Crippen LogP contribution in [-0.4, -0.2) is 34.3 Å². The van der Waals surface area contributed by atoms with Crippen molar-refractivity contribution < 1.29 is 18.7 Å². The number of furan rings is 1. The lowest BCUT2D eigenvalue weighted by molar-refractivity contribution is -0.113. The maximum absolute atomic E-state index is 13.1. The average Bonchev–Trinajstić information content (AvgIpc) is 3.33. The summed E-state index contributed by atoms with van der Waals surface area (Å²) >= 11 is 1.16. The second kappa shape index (κ2) is 9.52. The van der Waals surface area contributed by atoms with E-state index in [-0.39, 0.29) is 23.8 Å². The Morgan fingerprint density at radius 2 is 1.88 bits per heavy atom. The maximum Gasteiger partial charge on any atom is 0.337 e. The molecule has 1 amide bonds. The van der Waals surface area contributed by atoms with E-state index in [0.29, 0.717) is 33.1 Å². The summed E-state index contributed by atoms with van der Waals surface area (Å²) in [6.07, 6.45) is 1.54. The van der Waals surface area contributed by atoms with Gasteiger partial charge in [0.2, 0.25) is 5.91 Å². The number of hydrogen-bond acceptors (Lipinski definition) is 7. The van der Waals surface area contributed by atoms with Crippen molar-refractivity contribution in [3.8, 4) is 0 Å². The van der Waals surface area contributed by atoms with Crippen LogP contribution in [0.4, 0.5) is 5.69 Å². The molecule has 0 aliphatic carbocycles. The lowest BCUT2D eigenvalue weighted by atomic mass is 10.2. The lowest BCUT2D eigenvalue weighted by Crippen LogP contribution is -2.24. The zero-order valence-corrected chi connectivity index (χ0v) is 17.9. The Bertz CT molecular complexity index is 1310. The average molecular weight is 449 g/mol. The third kappa shape index (κ3) is 4.73. The van der Waals surface area contributed by atoms with Crippen molar-refractivity contribution in [2.45, 2.75) is 11.7 Å². The smallest absolute Gasteiger partial charge is 0.337 e. The molecule has 0 bridgehead atoms. The van der Waals surface area contributed by atoms with Crippen molar-refractivity contribution in [1.82, 2.24) is 9.55 Å². The van der Waals surface area contributed by atoms with Crippen LogP contribution in [0.3, 0.4) is 0 Å². The molecule has 1 N–H and O–H groups in total. The number of methoxy groups -OCH3 is 1. The number of aromatic nitrogens is 2. The zero-order chi connectivity index (χ0) is 22.5. The number of anilines is 1. The number of fused-ring (bicyclic) bond motifs is 1. The second-order valence-corrected chi connectivity index (χ2v) is 7.73. The minimum atomic E-state index is -0.449. The van der Waals surface area contributed by atoms with Crippen LogP contribution in [0.15, 0.2) is 81.3 Å². The fourth-order valence-electron chi connectivity index (χ4n) is 3.09. The number of carbonyl (C=O) groups excluding carboxylic acids is 2. The molecule has 0 unspecified atom stereocenters. The van der Waals surface area contributed by atoms with Gasteiger partial charge in [-0.15, -0.1) is 0 Å². The van der Waals surface area contributed by atoms with Gasteiger partial charge in [0.1, 0.15) is 5.76 Å². The third-order valence-corrected chi connectivity index (χ3v) is 5.62. The normalized spacial score (nSPS) is 10.8. The molecule has 32 heavy (non-hydrogen) atoms. The Labute approximate surface area is 187 Å². The predicted molar refractivity (Wildman–Crippen MR) is 121 cm³/mol. The number of esters is 1. The number of rotatable bonds is 7. The van der Waals surface area contributed by atoms with Crippen molar-refractivity contribution in [2.24, 2.45) is 0 Å². The Morgan fingerprint density at radius 1 is 1.09 bits per heavy atom. The molecule has 0 saturated carbocycles. The van der Waals surface area contributed by atoms with Crippen LogP contribution >= 0.6 is 11.8 Å². The molecule has 0 atom stereocenters. The van der Waals surface area contributed by atoms with Gasteiger partial charge in [-0.3, -0.25) is 14.2 Å². The van der Waals surface area contributed by atoms with Crippen LogP contribution in [0.1, 0.15) is 16.1 Å². The summed E-state index contributed by atoms with van der Waals surface area (Å²) in [5.74, 6) is -0.0638. The van der Waals surface area contributed by atoms with Gasteiger partial charge in [-0.25, -0.2) is 9.78 Å². The number of benzene rings is 2. The molecular formula is C23H19N3O5S. The summed E-state index contributed by atoms with van der Waals surface area (Å²) in [6, 6.07) is 17.0. The molecule has 0 radical (unpaired) electrons. The van der Waals surface area contributed by atoms with Gasteiger partial charge in [-0.05, 0) is 48.5 Å². The van der Waals surface area contributed by atoms with Gasteiger partial charge in [0, 0.05) is 5.69 Å². The summed E-state index contributed by atoms with van der Waals surface area (Å²) in [7, 11) is 1.31. The van der Waals surface area contributed by atoms with E-state index in [4.69, 9.17) is 4.42 Å². The van der Waals surface area contributed by atoms with Gasteiger partial charge >= 0.3 is 5.97 Å². The molecule has 4 rings (SSSR count). The Kier molecular flexibility index (Phi) is 6.37. The molecule has 0 aliphatic heterocycles. The molecule has 0 fully saturated rings. The van der Waals surface area contributed by atoms with Crippen LogP contribution in [0, 0.1) is 0 Å². The van der Waals surface area contributed by atoms with E-state index >= 15 is 0 Å². The monoisotopic (exact) mass is 449 g/mol. The van der Waals surface area contributed by atoms with Gasteiger partial charge < -0.3 is 14.5 Å². The maximum atomic E-state index is 13.1. The molecule has 0 spiro atoms. The molecule has 9 heteroatoms. The molecule has 4 aromatic rings. The minimum absolute atomic E-state index is 0.0433. The molecule has 162 valence electrons. The highest BCUT2D eigenvalue weighted by molar-refractivity contribution is 7.99. The molecule has 2 aromatic heterocycles. The summed E-state index contributed by atoms with van der Waals surface area (Å²) in [4.78, 5) is 41.6. The number of nitrogens with zero attached hydrogens (tertiary/aromatic N) is 2. The van der Waals surface area contributed by atoms with Gasteiger partial charge in [-0.2, -0.15) is 0 Å². The van der Waals surface area contributed by atoms with Crippen LogP contribution in [0.2, 0.25) is 0 Å². The van der Waals surface area contributed by atoms with Crippen LogP contribution < -0.4 is 10.9 Å². The van der Waals surface area contributed by atoms with Crippen molar-refractivity contribution in [1.29, 1.82) is 0 Å². The molecule has 0 saturated heterocycles. The van der Waals surface area contributed by atoms with Gasteiger partial charge in [0.15, 0.2) is 5.16 Å². The van der Waals surface area contributed by atoms with E-state index in [1.807, 2.05) is 6.07 Å². The molecule has 2 aromatic carbocycles. The van der Waals surface area contributed by atoms with Crippen molar-refractivity contribution >= 4 is 40.2 Å². The van der Waals surface area contributed by atoms with E-state index in [0.717, 1.165) is 11.8 Å². The van der Waals surface area contributed by atoms with Crippen molar-refractivity contribution in [3.05, 3.63) is 88.6 Å². The molecular weight excluding hydrogens is 430 g/mol. The zero-order valence-electron chi connectivity index (χ0n) is 17.1. The SMILES string of the molecule is COC(=O)c1ccc(NC(=O)CSc2nc3ccccc3c(=O)n2Cc2ccco2)cc1. The summed E-state index contributed by atoms with van der Waals surface area (Å²) in [5.41, 5.74) is 1.30. The van der Waals surface area contributed by atoms with E-state index < -0.39 is 5.97 Å². The summed E-state index contributed by atoms with van der Waals surface area (Å²) in [6.45, 7) is 0.211. The predicted octanol–water partition coefficient (Wildman–Crippen LogP) is 3.56. The number of nitrogens with one attached hydrogen (secondary N) is 1. The molecule has 0 aliphatic rings. The van der Waals surface area contributed by atoms with E-state index in [1.165, 1.54) is 11.7 Å². The molecule has 2 heterocycles. The fourth-order valence-corrected chi connectivity index (χ4v) is 3.89. The number of thioether (sulfide) groups is 1. The highest BCUT2D eigenvalue weighted by Crippen LogP contribution is 2.20. The van der Waals surface area contributed by atoms with Crippen molar-refractivity contribution in [3.63, 3.8) is 0 Å². The highest BCUT2D eigenvalue weighted by Gasteiger charge is 2.15. The number of carbonyl (C=O) groups is 2. The van der Waals surface area contributed by atoms with Crippen molar-refractivity contribution in [2.75, 3.05) is 18.2 Å².